The summed E-state index contributed by atoms with van der Waals surface area (Å²) in [6.45, 7) is 0. The standard InChI is InChI=1S/C32H22N4O4S2/c33-19-27-28(21-8-3-1-4-9-21)20-41-32(27)35-31(38)29(22-10-5-2-6-11-22)42-26-13-7-12-24(18-26)34-30(37)23-14-16-25(17-15-23)36(39)40/h1-18,20,29H,(H,34,37)(H,35,38). The third kappa shape index (κ3) is 6.55. The third-order valence-corrected chi connectivity index (χ3v) is 8.39. The van der Waals surface area contributed by atoms with Gasteiger partial charge in [-0.15, -0.1) is 23.1 Å². The normalized spacial score (nSPS) is 11.2. The Kier molecular flexibility index (Phi) is 8.72. The summed E-state index contributed by atoms with van der Waals surface area (Å²) in [5, 5.41) is 28.3. The van der Waals surface area contributed by atoms with Gasteiger partial charge < -0.3 is 10.6 Å². The van der Waals surface area contributed by atoms with Gasteiger partial charge in [-0.25, -0.2) is 0 Å². The molecule has 1 unspecified atom stereocenters. The number of rotatable bonds is 9. The van der Waals surface area contributed by atoms with Gasteiger partial charge in [-0.05, 0) is 41.5 Å². The van der Waals surface area contributed by atoms with E-state index in [4.69, 9.17) is 0 Å². The van der Waals surface area contributed by atoms with Crippen LogP contribution in [-0.2, 0) is 4.79 Å². The average molecular weight is 591 g/mol. The van der Waals surface area contributed by atoms with E-state index < -0.39 is 16.1 Å². The molecule has 0 radical (unpaired) electrons. The van der Waals surface area contributed by atoms with Crippen molar-refractivity contribution < 1.29 is 14.5 Å². The predicted octanol–water partition coefficient (Wildman–Crippen LogP) is 7.92. The van der Waals surface area contributed by atoms with E-state index in [1.165, 1.54) is 47.4 Å². The van der Waals surface area contributed by atoms with Crippen LogP contribution in [0, 0.1) is 21.4 Å². The molecule has 2 N–H and O–H groups in total. The van der Waals surface area contributed by atoms with Crippen LogP contribution in [0.4, 0.5) is 16.4 Å². The van der Waals surface area contributed by atoms with Crippen LogP contribution in [0.2, 0.25) is 0 Å². The van der Waals surface area contributed by atoms with Crippen molar-refractivity contribution in [2.45, 2.75) is 10.1 Å². The number of hydrogen-bond acceptors (Lipinski definition) is 7. The molecule has 4 aromatic carbocycles. The maximum Gasteiger partial charge on any atom is 0.269 e. The zero-order valence-electron chi connectivity index (χ0n) is 21.9. The van der Waals surface area contributed by atoms with Crippen molar-refractivity contribution in [3.63, 3.8) is 0 Å². The molecular weight excluding hydrogens is 569 g/mol. The largest absolute Gasteiger partial charge is 0.322 e. The molecule has 1 aromatic heterocycles. The molecule has 0 saturated heterocycles. The molecule has 0 spiro atoms. The lowest BCUT2D eigenvalue weighted by atomic mass is 10.1. The zero-order valence-corrected chi connectivity index (χ0v) is 23.5. The minimum Gasteiger partial charge on any atom is -0.322 e. The Morgan fingerprint density at radius 2 is 1.57 bits per heavy atom. The maximum absolute atomic E-state index is 13.7. The quantitative estimate of drug-likeness (QED) is 0.102. The number of nitrogens with one attached hydrogen (secondary N) is 2. The molecule has 0 bridgehead atoms. The second-order valence-electron chi connectivity index (χ2n) is 9.02. The van der Waals surface area contributed by atoms with Gasteiger partial charge in [-0.3, -0.25) is 19.7 Å². The van der Waals surface area contributed by atoms with E-state index in [2.05, 4.69) is 16.7 Å². The number of amides is 2. The molecule has 5 aromatic rings. The number of thioether (sulfide) groups is 1. The van der Waals surface area contributed by atoms with Crippen LogP contribution in [0.15, 0.2) is 119 Å². The maximum atomic E-state index is 13.7. The predicted molar refractivity (Wildman–Crippen MR) is 166 cm³/mol. The number of carbonyl (C=O) groups excluding carboxylic acids is 2. The fraction of sp³-hybridized carbons (Fsp3) is 0.0312. The summed E-state index contributed by atoms with van der Waals surface area (Å²) in [5.74, 6) is -0.704. The molecule has 10 heteroatoms. The molecule has 0 aliphatic rings. The lowest BCUT2D eigenvalue weighted by Gasteiger charge is -2.17. The van der Waals surface area contributed by atoms with Crippen LogP contribution < -0.4 is 10.6 Å². The summed E-state index contributed by atoms with van der Waals surface area (Å²) in [6.07, 6.45) is 0. The Bertz CT molecular complexity index is 1780. The summed E-state index contributed by atoms with van der Waals surface area (Å²) in [6, 6.07) is 33.5. The third-order valence-electron chi connectivity index (χ3n) is 6.25. The fourth-order valence-electron chi connectivity index (χ4n) is 4.19. The van der Waals surface area contributed by atoms with Gasteiger partial charge in [-0.1, -0.05) is 66.7 Å². The first-order valence-electron chi connectivity index (χ1n) is 12.7. The van der Waals surface area contributed by atoms with Crippen LogP contribution in [0.25, 0.3) is 11.1 Å². The minimum absolute atomic E-state index is 0.101. The van der Waals surface area contributed by atoms with E-state index in [0.29, 0.717) is 16.3 Å². The highest BCUT2D eigenvalue weighted by molar-refractivity contribution is 8.00. The second kappa shape index (κ2) is 13.0. The summed E-state index contributed by atoms with van der Waals surface area (Å²) >= 11 is 2.62. The van der Waals surface area contributed by atoms with Crippen molar-refractivity contribution in [1.82, 2.24) is 0 Å². The van der Waals surface area contributed by atoms with Gasteiger partial charge in [0.25, 0.3) is 11.6 Å². The summed E-state index contributed by atoms with van der Waals surface area (Å²) < 4.78 is 0. The van der Waals surface area contributed by atoms with Crippen LogP contribution in [0.1, 0.15) is 26.7 Å². The number of nitro groups is 1. The molecule has 0 saturated carbocycles. The van der Waals surface area contributed by atoms with Crippen molar-refractivity contribution in [1.29, 1.82) is 5.26 Å². The highest BCUT2D eigenvalue weighted by Gasteiger charge is 2.25. The Hall–Kier alpha value is -5.24. The lowest BCUT2D eigenvalue weighted by Crippen LogP contribution is -2.19. The van der Waals surface area contributed by atoms with Crippen molar-refractivity contribution in [2.75, 3.05) is 10.6 Å². The number of anilines is 2. The van der Waals surface area contributed by atoms with E-state index in [9.17, 15) is 25.0 Å². The van der Waals surface area contributed by atoms with Crippen molar-refractivity contribution >= 4 is 51.3 Å². The summed E-state index contributed by atoms with van der Waals surface area (Å²) in [4.78, 5) is 37.6. The Morgan fingerprint density at radius 3 is 2.24 bits per heavy atom. The first kappa shape index (κ1) is 28.3. The topological polar surface area (TPSA) is 125 Å². The van der Waals surface area contributed by atoms with E-state index >= 15 is 0 Å². The van der Waals surface area contributed by atoms with Gasteiger partial charge >= 0.3 is 0 Å². The number of nitriles is 1. The molecule has 1 atom stereocenters. The first-order chi connectivity index (χ1) is 20.4. The van der Waals surface area contributed by atoms with Gasteiger partial charge in [0, 0.05) is 39.2 Å². The van der Waals surface area contributed by atoms with E-state index in [1.807, 2.05) is 72.1 Å². The van der Waals surface area contributed by atoms with Gasteiger partial charge in [0.1, 0.15) is 16.3 Å². The van der Waals surface area contributed by atoms with E-state index in [1.54, 1.807) is 18.2 Å². The molecule has 8 nitrogen and oxygen atoms in total. The SMILES string of the molecule is N#Cc1c(-c2ccccc2)csc1NC(=O)C(Sc1cccc(NC(=O)c2ccc([N+](=O)[O-])cc2)c1)c1ccccc1. The number of thiophene rings is 1. The van der Waals surface area contributed by atoms with E-state index in [-0.39, 0.29) is 17.2 Å². The lowest BCUT2D eigenvalue weighted by molar-refractivity contribution is -0.384. The van der Waals surface area contributed by atoms with Crippen molar-refractivity contribution in [2.24, 2.45) is 0 Å². The van der Waals surface area contributed by atoms with Gasteiger partial charge in [0.2, 0.25) is 5.91 Å². The Labute approximate surface area is 249 Å². The molecule has 0 aliphatic carbocycles. The number of non-ortho nitro benzene ring substituents is 1. The van der Waals surface area contributed by atoms with Gasteiger partial charge in [-0.2, -0.15) is 5.26 Å². The number of hydrogen-bond donors (Lipinski definition) is 2. The molecule has 0 aliphatic heterocycles. The highest BCUT2D eigenvalue weighted by Crippen LogP contribution is 2.40. The smallest absolute Gasteiger partial charge is 0.269 e. The minimum atomic E-state index is -0.652. The number of carbonyl (C=O) groups is 2. The zero-order chi connectivity index (χ0) is 29.5. The molecular formula is C32H22N4O4S2. The monoisotopic (exact) mass is 590 g/mol. The second-order valence-corrected chi connectivity index (χ2v) is 11.1. The molecule has 2 amide bonds. The van der Waals surface area contributed by atoms with E-state index in [0.717, 1.165) is 21.6 Å². The number of benzene rings is 4. The number of nitro benzene ring substituents is 1. The van der Waals surface area contributed by atoms with Crippen molar-refractivity contribution in [3.8, 4) is 17.2 Å². The highest BCUT2D eigenvalue weighted by atomic mass is 32.2. The molecule has 206 valence electrons. The molecule has 0 fully saturated rings. The van der Waals surface area contributed by atoms with Gasteiger partial charge in [0.15, 0.2) is 0 Å². The molecule has 5 rings (SSSR count). The van der Waals surface area contributed by atoms with Crippen LogP contribution in [0.3, 0.4) is 0 Å². The van der Waals surface area contributed by atoms with Crippen molar-refractivity contribution in [3.05, 3.63) is 141 Å². The van der Waals surface area contributed by atoms with Crippen LogP contribution in [-0.4, -0.2) is 16.7 Å². The summed E-state index contributed by atoms with van der Waals surface area (Å²) in [7, 11) is 0. The van der Waals surface area contributed by atoms with Crippen LogP contribution in [0.5, 0.6) is 0 Å². The fourth-order valence-corrected chi connectivity index (χ4v) is 6.20. The number of nitrogens with zero attached hydrogens (tertiary/aromatic N) is 2. The molecule has 1 heterocycles. The Morgan fingerprint density at radius 1 is 0.881 bits per heavy atom. The summed E-state index contributed by atoms with van der Waals surface area (Å²) in [5.41, 5.74) is 3.53. The van der Waals surface area contributed by atoms with Gasteiger partial charge in [0.05, 0.1) is 10.5 Å². The first-order valence-corrected chi connectivity index (χ1v) is 14.4. The Balaban J connectivity index is 1.36. The van der Waals surface area contributed by atoms with Crippen LogP contribution >= 0.6 is 23.1 Å². The average Bonchev–Trinajstić information content (AvgIpc) is 3.43. The molecule has 42 heavy (non-hydrogen) atoms.